The number of hydrogen-bond acceptors (Lipinski definition) is 6. The summed E-state index contributed by atoms with van der Waals surface area (Å²) in [5.41, 5.74) is 8.61. The lowest BCUT2D eigenvalue weighted by atomic mass is 9.63. The first-order chi connectivity index (χ1) is 15.8. The van der Waals surface area contributed by atoms with Crippen LogP contribution in [0, 0.1) is 6.92 Å². The molecular formula is C25H22BrN3O4. The van der Waals surface area contributed by atoms with Gasteiger partial charge in [-0.25, -0.2) is 4.79 Å². The van der Waals surface area contributed by atoms with Gasteiger partial charge < -0.3 is 15.8 Å². The minimum atomic E-state index is -1.66. The summed E-state index contributed by atoms with van der Waals surface area (Å²) < 4.78 is 5.88. The zero-order valence-electron chi connectivity index (χ0n) is 18.2. The number of esters is 1. The molecule has 1 aliphatic carbocycles. The van der Waals surface area contributed by atoms with Crippen LogP contribution >= 0.6 is 15.9 Å². The van der Waals surface area contributed by atoms with Crippen LogP contribution in [0.4, 0.5) is 11.4 Å². The van der Waals surface area contributed by atoms with Crippen molar-refractivity contribution in [2.24, 2.45) is 5.73 Å². The number of halogens is 1. The summed E-state index contributed by atoms with van der Waals surface area (Å²) in [5.74, 6) is -1.32. The topological polar surface area (TPSA) is 102 Å². The molecule has 0 saturated heterocycles. The predicted molar refractivity (Wildman–Crippen MR) is 127 cm³/mol. The summed E-state index contributed by atoms with van der Waals surface area (Å²) in [6.07, 6.45) is 1.44. The third kappa shape index (κ3) is 2.83. The van der Waals surface area contributed by atoms with E-state index in [2.05, 4.69) is 21.2 Å². The van der Waals surface area contributed by atoms with Gasteiger partial charge in [-0.2, -0.15) is 0 Å². The third-order valence-electron chi connectivity index (χ3n) is 6.55. The fourth-order valence-corrected chi connectivity index (χ4v) is 5.69. The molecule has 1 unspecified atom stereocenters. The van der Waals surface area contributed by atoms with Gasteiger partial charge in [0.25, 0.3) is 0 Å². The number of nitrogens with zero attached hydrogens (tertiary/aromatic N) is 1. The number of fused-ring (bicyclic) bond motifs is 3. The monoisotopic (exact) mass is 507 g/mol. The summed E-state index contributed by atoms with van der Waals surface area (Å²) in [4.78, 5) is 42.4. The van der Waals surface area contributed by atoms with Crippen LogP contribution in [0.1, 0.15) is 30.4 Å². The van der Waals surface area contributed by atoms with Crippen molar-refractivity contribution in [1.29, 1.82) is 0 Å². The molecular weight excluding hydrogens is 486 g/mol. The summed E-state index contributed by atoms with van der Waals surface area (Å²) in [5, 5.41) is 2.88. The van der Waals surface area contributed by atoms with Crippen molar-refractivity contribution in [1.82, 2.24) is 0 Å². The van der Waals surface area contributed by atoms with E-state index in [1.54, 1.807) is 11.0 Å². The van der Waals surface area contributed by atoms with Crippen molar-refractivity contribution < 1.29 is 19.1 Å². The Kier molecular flexibility index (Phi) is 4.93. The maximum atomic E-state index is 13.8. The molecule has 0 aromatic heterocycles. The fraction of sp³-hybridized carbons (Fsp3) is 0.240. The molecule has 2 aromatic carbocycles. The second-order valence-electron chi connectivity index (χ2n) is 8.39. The van der Waals surface area contributed by atoms with Crippen LogP contribution in [0.15, 0.2) is 69.6 Å². The number of Topliss-reactive ketones (excluding diaryl/α,β-unsaturated/α-hetero) is 1. The first-order valence-electron chi connectivity index (χ1n) is 10.6. The molecule has 0 bridgehead atoms. The Morgan fingerprint density at radius 3 is 2.67 bits per heavy atom. The molecule has 1 amide bonds. The number of carbonyl (C=O) groups is 3. The molecule has 2 aromatic rings. The molecule has 168 valence electrons. The van der Waals surface area contributed by atoms with Crippen molar-refractivity contribution in [3.63, 3.8) is 0 Å². The van der Waals surface area contributed by atoms with E-state index < -0.39 is 17.3 Å². The zero-order valence-corrected chi connectivity index (χ0v) is 19.8. The molecule has 0 radical (unpaired) electrons. The van der Waals surface area contributed by atoms with E-state index in [4.69, 9.17) is 10.5 Å². The molecule has 1 spiro atoms. The van der Waals surface area contributed by atoms with Gasteiger partial charge in [-0.3, -0.25) is 14.5 Å². The van der Waals surface area contributed by atoms with Crippen LogP contribution in [-0.4, -0.2) is 24.8 Å². The van der Waals surface area contributed by atoms with E-state index in [0.29, 0.717) is 41.1 Å². The standard InChI is InChI=1S/C25H22BrN3O4/c1-13-10-11-16-14(12-13)25(24(32)28-16)20-18(8-5-9-19(20)30)29(17-7-4-3-6-15(17)26)22(27)21(25)23(31)33-2/h3-4,6-7,10-12H,5,8-9,27H2,1-2H3,(H,28,32). The minimum absolute atomic E-state index is 0.0448. The number of anilines is 2. The van der Waals surface area contributed by atoms with Crippen molar-refractivity contribution in [3.8, 4) is 0 Å². The average Bonchev–Trinajstić information content (AvgIpc) is 3.06. The number of allylic oxidation sites excluding steroid dienone is 1. The normalized spacial score (nSPS) is 21.8. The molecule has 2 heterocycles. The van der Waals surface area contributed by atoms with Crippen LogP contribution in [0.25, 0.3) is 0 Å². The number of aryl methyl sites for hydroxylation is 1. The largest absolute Gasteiger partial charge is 0.466 e. The molecule has 5 rings (SSSR count). The highest BCUT2D eigenvalue weighted by molar-refractivity contribution is 9.10. The number of para-hydroxylation sites is 1. The maximum absolute atomic E-state index is 13.8. The lowest BCUT2D eigenvalue weighted by Gasteiger charge is -2.44. The molecule has 0 saturated carbocycles. The predicted octanol–water partition coefficient (Wildman–Crippen LogP) is 3.82. The highest BCUT2D eigenvalue weighted by atomic mass is 79.9. The van der Waals surface area contributed by atoms with Gasteiger partial charge in [0.1, 0.15) is 16.8 Å². The highest BCUT2D eigenvalue weighted by Crippen LogP contribution is 2.56. The van der Waals surface area contributed by atoms with Crippen molar-refractivity contribution in [3.05, 3.63) is 80.7 Å². The van der Waals surface area contributed by atoms with Gasteiger partial charge in [0, 0.05) is 33.4 Å². The number of benzene rings is 2. The van der Waals surface area contributed by atoms with E-state index in [9.17, 15) is 14.4 Å². The zero-order chi connectivity index (χ0) is 23.5. The smallest absolute Gasteiger partial charge is 0.339 e. The van der Waals surface area contributed by atoms with Gasteiger partial charge in [-0.15, -0.1) is 0 Å². The van der Waals surface area contributed by atoms with Crippen LogP contribution in [0.2, 0.25) is 0 Å². The Morgan fingerprint density at radius 2 is 1.94 bits per heavy atom. The Balaban J connectivity index is 1.94. The van der Waals surface area contributed by atoms with E-state index >= 15 is 0 Å². The number of nitrogens with two attached hydrogens (primary N) is 1. The van der Waals surface area contributed by atoms with Gasteiger partial charge in [0.2, 0.25) is 5.91 Å². The molecule has 0 fully saturated rings. The second-order valence-corrected chi connectivity index (χ2v) is 9.24. The van der Waals surface area contributed by atoms with E-state index in [0.717, 1.165) is 10.0 Å². The second kappa shape index (κ2) is 7.59. The lowest BCUT2D eigenvalue weighted by Crippen LogP contribution is -2.53. The molecule has 2 aliphatic heterocycles. The van der Waals surface area contributed by atoms with Gasteiger partial charge in [-0.05, 0) is 53.9 Å². The first kappa shape index (κ1) is 21.5. The summed E-state index contributed by atoms with van der Waals surface area (Å²) in [6, 6.07) is 12.9. The lowest BCUT2D eigenvalue weighted by molar-refractivity contribution is -0.138. The number of ether oxygens (including phenoxy) is 1. The number of ketones is 1. The maximum Gasteiger partial charge on any atom is 0.339 e. The Labute approximate surface area is 199 Å². The van der Waals surface area contributed by atoms with Gasteiger partial charge >= 0.3 is 5.97 Å². The Morgan fingerprint density at radius 1 is 1.18 bits per heavy atom. The van der Waals surface area contributed by atoms with Crippen LogP contribution in [-0.2, 0) is 24.5 Å². The van der Waals surface area contributed by atoms with E-state index in [1.165, 1.54) is 7.11 Å². The molecule has 33 heavy (non-hydrogen) atoms. The first-order valence-corrected chi connectivity index (χ1v) is 11.4. The van der Waals surface area contributed by atoms with E-state index in [-0.39, 0.29) is 23.6 Å². The number of hydrogen-bond donors (Lipinski definition) is 2. The van der Waals surface area contributed by atoms with Crippen molar-refractivity contribution in [2.45, 2.75) is 31.6 Å². The van der Waals surface area contributed by atoms with Crippen molar-refractivity contribution >= 4 is 45.0 Å². The van der Waals surface area contributed by atoms with Crippen molar-refractivity contribution in [2.75, 3.05) is 17.3 Å². The van der Waals surface area contributed by atoms with Gasteiger partial charge in [-0.1, -0.05) is 29.8 Å². The van der Waals surface area contributed by atoms with Crippen LogP contribution in [0.3, 0.4) is 0 Å². The fourth-order valence-electron chi connectivity index (χ4n) is 5.23. The molecule has 7 nitrogen and oxygen atoms in total. The molecule has 3 N–H and O–H groups in total. The number of nitrogens with one attached hydrogen (secondary N) is 1. The van der Waals surface area contributed by atoms with Gasteiger partial charge in [0.05, 0.1) is 12.8 Å². The van der Waals surface area contributed by atoms with Crippen LogP contribution in [0.5, 0.6) is 0 Å². The summed E-state index contributed by atoms with van der Waals surface area (Å²) in [6.45, 7) is 1.90. The average molecular weight is 508 g/mol. The van der Waals surface area contributed by atoms with Gasteiger partial charge in [0.15, 0.2) is 5.78 Å². The number of carbonyl (C=O) groups excluding carboxylic acids is 3. The molecule has 8 heteroatoms. The third-order valence-corrected chi connectivity index (χ3v) is 7.22. The SMILES string of the molecule is COC(=O)C1=C(N)N(c2ccccc2Br)C2=C(C(=O)CCC2)C12C(=O)Nc1ccc(C)cc12. The molecule has 1 atom stereocenters. The Bertz CT molecular complexity index is 1310. The number of methoxy groups -OCH3 is 1. The molecule has 3 aliphatic rings. The highest BCUT2D eigenvalue weighted by Gasteiger charge is 2.62. The minimum Gasteiger partial charge on any atom is -0.466 e. The quantitative estimate of drug-likeness (QED) is 0.599. The summed E-state index contributed by atoms with van der Waals surface area (Å²) >= 11 is 3.56. The summed E-state index contributed by atoms with van der Waals surface area (Å²) in [7, 11) is 1.25. The Hall–Kier alpha value is -3.39. The van der Waals surface area contributed by atoms with E-state index in [1.807, 2.05) is 43.3 Å². The van der Waals surface area contributed by atoms with Crippen LogP contribution < -0.4 is 16.0 Å². The number of rotatable bonds is 2. The number of amides is 1.